The third-order valence-corrected chi connectivity index (χ3v) is 6.30. The lowest BCUT2D eigenvalue weighted by Crippen LogP contribution is -2.22. The Kier molecular flexibility index (Phi) is 5.29. The van der Waals surface area contributed by atoms with Crippen molar-refractivity contribution in [2.24, 2.45) is 0 Å². The van der Waals surface area contributed by atoms with Gasteiger partial charge in [0.25, 0.3) is 5.56 Å². The highest BCUT2D eigenvalue weighted by molar-refractivity contribution is 5.95. The predicted octanol–water partition coefficient (Wildman–Crippen LogP) is 4.57. The summed E-state index contributed by atoms with van der Waals surface area (Å²) in [5.74, 6) is 1.00. The summed E-state index contributed by atoms with van der Waals surface area (Å²) < 4.78 is 3.32. The van der Waals surface area contributed by atoms with Crippen LogP contribution in [-0.2, 0) is 0 Å². The van der Waals surface area contributed by atoms with Gasteiger partial charge in [-0.15, -0.1) is 0 Å². The molecule has 6 aromatic rings. The number of nitrogens with one attached hydrogen (secondary N) is 1. The predicted molar refractivity (Wildman–Crippen MR) is 142 cm³/mol. The first kappa shape index (κ1) is 21.7. The van der Waals surface area contributed by atoms with Gasteiger partial charge in [-0.1, -0.05) is 18.2 Å². The number of benzene rings is 2. The van der Waals surface area contributed by atoms with Gasteiger partial charge in [-0.25, -0.2) is 19.6 Å². The van der Waals surface area contributed by atoms with Crippen LogP contribution in [0.4, 0.5) is 17.3 Å². The molecule has 6 rings (SSSR count). The minimum absolute atomic E-state index is 0.257. The molecule has 0 bridgehead atoms. The molecule has 36 heavy (non-hydrogen) atoms. The minimum atomic E-state index is -0.257. The van der Waals surface area contributed by atoms with E-state index in [1.807, 2.05) is 54.6 Å². The fourth-order valence-corrected chi connectivity index (χ4v) is 4.52. The molecule has 4 heterocycles. The second-order valence-electron chi connectivity index (χ2n) is 8.34. The Morgan fingerprint density at radius 2 is 1.64 bits per heavy atom. The molecule has 178 valence electrons. The molecule has 0 aliphatic carbocycles. The van der Waals surface area contributed by atoms with Gasteiger partial charge < -0.3 is 10.2 Å². The van der Waals surface area contributed by atoms with Crippen LogP contribution in [0, 0.1) is 0 Å². The zero-order chi connectivity index (χ0) is 24.6. The third kappa shape index (κ3) is 3.52. The summed E-state index contributed by atoms with van der Waals surface area (Å²) in [7, 11) is 0. The van der Waals surface area contributed by atoms with Gasteiger partial charge in [-0.2, -0.15) is 9.50 Å². The van der Waals surface area contributed by atoms with Gasteiger partial charge in [-0.3, -0.25) is 4.79 Å². The van der Waals surface area contributed by atoms with Crippen molar-refractivity contribution < 1.29 is 0 Å². The summed E-state index contributed by atoms with van der Waals surface area (Å²) in [4.78, 5) is 34.2. The average molecular weight is 477 g/mol. The standard InChI is InChI=1S/C27H24N8O/c1-3-33(4-2)19-14-12-18(13-15-19)30-27-29-17-21-24(32-27)31-25-20-9-5-6-10-22(20)34(35(25)26(21)36)23-11-7-8-16-28-23/h5-17H,3-4H2,1-2H3,(H,29,30,32). The van der Waals surface area contributed by atoms with Crippen molar-refractivity contribution >= 4 is 44.9 Å². The van der Waals surface area contributed by atoms with E-state index in [4.69, 9.17) is 4.98 Å². The molecule has 0 amide bonds. The summed E-state index contributed by atoms with van der Waals surface area (Å²) in [6, 6.07) is 21.5. The molecule has 0 fully saturated rings. The lowest BCUT2D eigenvalue weighted by molar-refractivity contribution is 0.772. The van der Waals surface area contributed by atoms with Crippen molar-refractivity contribution in [1.82, 2.24) is 29.1 Å². The van der Waals surface area contributed by atoms with Gasteiger partial charge in [0.15, 0.2) is 17.1 Å². The van der Waals surface area contributed by atoms with Crippen molar-refractivity contribution in [3.8, 4) is 5.82 Å². The number of pyridine rings is 1. The zero-order valence-electron chi connectivity index (χ0n) is 20.0. The Morgan fingerprint density at radius 1 is 0.861 bits per heavy atom. The molecule has 0 radical (unpaired) electrons. The van der Waals surface area contributed by atoms with Crippen LogP contribution in [0.25, 0.3) is 33.4 Å². The van der Waals surface area contributed by atoms with Gasteiger partial charge in [-0.05, 0) is 62.4 Å². The number of aromatic nitrogens is 6. The maximum atomic E-state index is 13.6. The number of hydrogen-bond acceptors (Lipinski definition) is 7. The molecule has 0 aliphatic rings. The highest BCUT2D eigenvalue weighted by atomic mass is 16.1. The van der Waals surface area contributed by atoms with E-state index in [1.165, 1.54) is 10.7 Å². The van der Waals surface area contributed by atoms with Crippen LogP contribution < -0.4 is 15.8 Å². The van der Waals surface area contributed by atoms with Crippen LogP contribution in [0.5, 0.6) is 0 Å². The smallest absolute Gasteiger partial charge is 0.284 e. The summed E-state index contributed by atoms with van der Waals surface area (Å²) in [6.45, 7) is 6.17. The first-order valence-corrected chi connectivity index (χ1v) is 11.9. The second-order valence-corrected chi connectivity index (χ2v) is 8.34. The molecule has 0 spiro atoms. The number of para-hydroxylation sites is 1. The summed E-state index contributed by atoms with van der Waals surface area (Å²) >= 11 is 0. The molecule has 9 nitrogen and oxygen atoms in total. The SMILES string of the molecule is CCN(CC)c1ccc(Nc2ncc3c(=O)n4c(nc3n2)c2ccccc2n4-c2ccccn2)cc1. The highest BCUT2D eigenvalue weighted by Gasteiger charge is 2.18. The van der Waals surface area contributed by atoms with Gasteiger partial charge >= 0.3 is 0 Å². The van der Waals surface area contributed by atoms with Gasteiger partial charge in [0.2, 0.25) is 5.95 Å². The Bertz CT molecular complexity index is 1750. The van der Waals surface area contributed by atoms with E-state index in [-0.39, 0.29) is 5.56 Å². The molecule has 0 saturated carbocycles. The number of hydrogen-bond donors (Lipinski definition) is 1. The average Bonchev–Trinajstić information content (AvgIpc) is 3.25. The molecule has 9 heteroatoms. The number of fused-ring (bicyclic) bond motifs is 4. The normalized spacial score (nSPS) is 11.4. The van der Waals surface area contributed by atoms with E-state index in [2.05, 4.69) is 51.1 Å². The summed E-state index contributed by atoms with van der Waals surface area (Å²) in [6.07, 6.45) is 3.22. The lowest BCUT2D eigenvalue weighted by atomic mass is 10.2. The largest absolute Gasteiger partial charge is 0.372 e. The maximum Gasteiger partial charge on any atom is 0.284 e. The molecule has 0 aliphatic heterocycles. The Labute approximate surface area is 206 Å². The summed E-state index contributed by atoms with van der Waals surface area (Å²) in [5, 5.41) is 4.39. The molecule has 0 saturated heterocycles. The number of anilines is 3. The molecular formula is C27H24N8O. The van der Waals surface area contributed by atoms with E-state index in [1.54, 1.807) is 10.9 Å². The Morgan fingerprint density at radius 3 is 2.39 bits per heavy atom. The quantitative estimate of drug-likeness (QED) is 0.376. The number of rotatable bonds is 6. The van der Waals surface area contributed by atoms with Crippen LogP contribution in [0.15, 0.2) is 83.9 Å². The zero-order valence-corrected chi connectivity index (χ0v) is 20.0. The van der Waals surface area contributed by atoms with E-state index in [0.29, 0.717) is 28.4 Å². The molecule has 4 aromatic heterocycles. The highest BCUT2D eigenvalue weighted by Crippen LogP contribution is 2.25. The molecule has 0 atom stereocenters. The number of nitrogens with zero attached hydrogens (tertiary/aromatic N) is 7. The molecule has 2 aromatic carbocycles. The monoisotopic (exact) mass is 476 g/mol. The van der Waals surface area contributed by atoms with Crippen LogP contribution in [0.2, 0.25) is 0 Å². The van der Waals surface area contributed by atoms with Crippen molar-refractivity contribution in [3.05, 3.63) is 89.5 Å². The van der Waals surface area contributed by atoms with E-state index < -0.39 is 0 Å². The van der Waals surface area contributed by atoms with Crippen molar-refractivity contribution in [1.29, 1.82) is 0 Å². The van der Waals surface area contributed by atoms with Crippen molar-refractivity contribution in [2.75, 3.05) is 23.3 Å². The maximum absolute atomic E-state index is 13.6. The first-order valence-electron chi connectivity index (χ1n) is 11.9. The van der Waals surface area contributed by atoms with E-state index in [0.717, 1.165) is 35.4 Å². The van der Waals surface area contributed by atoms with Gasteiger partial charge in [0.1, 0.15) is 5.39 Å². The Balaban J connectivity index is 1.47. The topological polar surface area (TPSA) is 93.2 Å². The van der Waals surface area contributed by atoms with Gasteiger partial charge in [0, 0.05) is 42.2 Å². The first-order chi connectivity index (χ1) is 17.7. The van der Waals surface area contributed by atoms with Crippen LogP contribution in [-0.4, -0.2) is 42.2 Å². The summed E-state index contributed by atoms with van der Waals surface area (Å²) in [5.41, 5.74) is 3.44. The van der Waals surface area contributed by atoms with Crippen molar-refractivity contribution in [2.45, 2.75) is 13.8 Å². The van der Waals surface area contributed by atoms with Gasteiger partial charge in [0.05, 0.1) is 5.52 Å². The van der Waals surface area contributed by atoms with Crippen LogP contribution in [0.3, 0.4) is 0 Å². The second kappa shape index (κ2) is 8.77. The molecular weight excluding hydrogens is 452 g/mol. The Hall–Kier alpha value is -4.79. The van der Waals surface area contributed by atoms with Crippen LogP contribution in [0.1, 0.15) is 13.8 Å². The molecule has 1 N–H and O–H groups in total. The minimum Gasteiger partial charge on any atom is -0.372 e. The van der Waals surface area contributed by atoms with Crippen LogP contribution >= 0.6 is 0 Å². The van der Waals surface area contributed by atoms with E-state index >= 15 is 0 Å². The van der Waals surface area contributed by atoms with Crippen molar-refractivity contribution in [3.63, 3.8) is 0 Å². The molecule has 0 unspecified atom stereocenters. The fourth-order valence-electron chi connectivity index (χ4n) is 4.52. The van der Waals surface area contributed by atoms with E-state index in [9.17, 15) is 4.79 Å². The fraction of sp³-hybridized carbons (Fsp3) is 0.148. The third-order valence-electron chi connectivity index (χ3n) is 6.30. The lowest BCUT2D eigenvalue weighted by Gasteiger charge is -2.21.